The van der Waals surface area contributed by atoms with Crippen LogP contribution in [0.2, 0.25) is 0 Å². The van der Waals surface area contributed by atoms with E-state index in [9.17, 15) is 12.6 Å². The Hall–Kier alpha value is -0.430. The Bertz CT molecular complexity index is 616. The van der Waals surface area contributed by atoms with E-state index in [1.54, 1.807) is 12.1 Å². The Kier molecular flexibility index (Phi) is 6.44. The van der Waals surface area contributed by atoms with Crippen molar-refractivity contribution in [1.29, 1.82) is 0 Å². The monoisotopic (exact) mass is 363 g/mol. The fourth-order valence-electron chi connectivity index (χ4n) is 2.56. The van der Waals surface area contributed by atoms with E-state index in [1.807, 2.05) is 19.1 Å². The van der Waals surface area contributed by atoms with E-state index in [0.29, 0.717) is 35.4 Å². The van der Waals surface area contributed by atoms with E-state index in [2.05, 4.69) is 0 Å². The van der Waals surface area contributed by atoms with Crippen molar-refractivity contribution in [3.63, 3.8) is 0 Å². The lowest BCUT2D eigenvalue weighted by molar-refractivity contribution is 0.392. The molecule has 1 aliphatic heterocycles. The maximum Gasteiger partial charge on any atom is 0.243 e. The van der Waals surface area contributed by atoms with Crippen LogP contribution >= 0.6 is 11.6 Å². The van der Waals surface area contributed by atoms with Crippen LogP contribution in [0.5, 0.6) is 0 Å². The Morgan fingerprint density at radius 3 is 2.64 bits per heavy atom. The van der Waals surface area contributed by atoms with Gasteiger partial charge in [-0.05, 0) is 36.5 Å². The van der Waals surface area contributed by atoms with Crippen molar-refractivity contribution < 1.29 is 12.6 Å². The number of sulfonamides is 1. The molecule has 0 radical (unpaired) electrons. The van der Waals surface area contributed by atoms with Gasteiger partial charge in [-0.2, -0.15) is 4.31 Å². The number of alkyl halides is 1. The lowest BCUT2D eigenvalue weighted by Crippen LogP contribution is -2.35. The molecule has 0 amide bonds. The van der Waals surface area contributed by atoms with Gasteiger partial charge in [0.05, 0.1) is 4.90 Å². The van der Waals surface area contributed by atoms with E-state index in [0.717, 1.165) is 18.4 Å². The smallest absolute Gasteiger partial charge is 0.243 e. The molecule has 0 aliphatic carbocycles. The third-order valence-electron chi connectivity index (χ3n) is 3.71. The normalized spacial score (nSPS) is 24.1. The van der Waals surface area contributed by atoms with E-state index in [-0.39, 0.29) is 5.92 Å². The number of halogens is 1. The van der Waals surface area contributed by atoms with Gasteiger partial charge in [-0.25, -0.2) is 8.42 Å². The van der Waals surface area contributed by atoms with Crippen LogP contribution in [0.15, 0.2) is 29.2 Å². The highest BCUT2D eigenvalue weighted by Crippen LogP contribution is 2.20. The lowest BCUT2D eigenvalue weighted by atomic mass is 10.1. The Morgan fingerprint density at radius 1 is 1.32 bits per heavy atom. The molecular formula is C15H22ClNO3S2. The molecule has 1 aliphatic rings. The zero-order valence-corrected chi connectivity index (χ0v) is 15.1. The summed E-state index contributed by atoms with van der Waals surface area (Å²) in [6.07, 6.45) is 1.73. The van der Waals surface area contributed by atoms with Crippen molar-refractivity contribution in [1.82, 2.24) is 4.31 Å². The third-order valence-corrected chi connectivity index (χ3v) is 7.44. The summed E-state index contributed by atoms with van der Waals surface area (Å²) in [5.41, 5.74) is 1.09. The Balaban J connectivity index is 2.16. The van der Waals surface area contributed by atoms with Crippen LogP contribution < -0.4 is 0 Å². The molecular weight excluding hydrogens is 342 g/mol. The number of hydrogen-bond donors (Lipinski definition) is 0. The van der Waals surface area contributed by atoms with E-state index < -0.39 is 20.8 Å². The fraction of sp³-hybridized carbons (Fsp3) is 0.600. The van der Waals surface area contributed by atoms with Crippen molar-refractivity contribution in [2.75, 3.05) is 30.5 Å². The first-order valence-corrected chi connectivity index (χ1v) is 10.9. The van der Waals surface area contributed by atoms with Crippen molar-refractivity contribution in [2.45, 2.75) is 24.7 Å². The topological polar surface area (TPSA) is 54.5 Å². The molecule has 1 aromatic carbocycles. The van der Waals surface area contributed by atoms with Crippen molar-refractivity contribution in [2.24, 2.45) is 5.92 Å². The third kappa shape index (κ3) is 4.54. The molecule has 22 heavy (non-hydrogen) atoms. The molecule has 0 bridgehead atoms. The molecule has 4 nitrogen and oxygen atoms in total. The van der Waals surface area contributed by atoms with Crippen LogP contribution in [-0.4, -0.2) is 47.4 Å². The minimum absolute atomic E-state index is 0.112. The van der Waals surface area contributed by atoms with Crippen LogP contribution in [0, 0.1) is 5.92 Å². The van der Waals surface area contributed by atoms with Crippen molar-refractivity contribution in [3.8, 4) is 0 Å². The SMILES string of the molecule is CC1CN(S(=O)(=O)c2ccc(CCCCl)cc2)CCS(=O)C1. The Morgan fingerprint density at radius 2 is 2.00 bits per heavy atom. The van der Waals surface area contributed by atoms with Gasteiger partial charge in [0.25, 0.3) is 0 Å². The van der Waals surface area contributed by atoms with Gasteiger partial charge in [0.2, 0.25) is 10.0 Å². The zero-order valence-electron chi connectivity index (χ0n) is 12.7. The summed E-state index contributed by atoms with van der Waals surface area (Å²) in [4.78, 5) is 0.307. The van der Waals surface area contributed by atoms with Gasteiger partial charge in [-0.15, -0.1) is 11.6 Å². The molecule has 124 valence electrons. The summed E-state index contributed by atoms with van der Waals surface area (Å²) in [6, 6.07) is 7.01. The number of aryl methyl sites for hydroxylation is 1. The quantitative estimate of drug-likeness (QED) is 0.754. The average molecular weight is 364 g/mol. The maximum atomic E-state index is 12.7. The number of rotatable bonds is 5. The second kappa shape index (κ2) is 7.90. The van der Waals surface area contributed by atoms with Gasteiger partial charge in [-0.1, -0.05) is 19.1 Å². The first-order chi connectivity index (χ1) is 10.4. The van der Waals surface area contributed by atoms with Crippen LogP contribution in [0.3, 0.4) is 0 Å². The van der Waals surface area contributed by atoms with E-state index >= 15 is 0 Å². The number of nitrogens with zero attached hydrogens (tertiary/aromatic N) is 1. The average Bonchev–Trinajstić information content (AvgIpc) is 2.66. The largest absolute Gasteiger partial charge is 0.260 e. The highest BCUT2D eigenvalue weighted by molar-refractivity contribution is 7.89. The van der Waals surface area contributed by atoms with E-state index in [4.69, 9.17) is 11.6 Å². The molecule has 2 rings (SSSR count). The summed E-state index contributed by atoms with van der Waals surface area (Å²) in [5.74, 6) is 1.70. The lowest BCUT2D eigenvalue weighted by Gasteiger charge is -2.21. The molecule has 0 spiro atoms. The van der Waals surface area contributed by atoms with Crippen molar-refractivity contribution in [3.05, 3.63) is 29.8 Å². The predicted octanol–water partition coefficient (Wildman–Crippen LogP) is 2.25. The van der Waals surface area contributed by atoms with E-state index in [1.165, 1.54) is 4.31 Å². The summed E-state index contributed by atoms with van der Waals surface area (Å²) >= 11 is 5.67. The second-order valence-corrected chi connectivity index (χ2v) is 9.65. The summed E-state index contributed by atoms with van der Waals surface area (Å²) in [7, 11) is -4.43. The first kappa shape index (κ1) is 17.9. The fourth-order valence-corrected chi connectivity index (χ4v) is 5.70. The van der Waals surface area contributed by atoms with Crippen LogP contribution in [0.25, 0.3) is 0 Å². The van der Waals surface area contributed by atoms with Crippen LogP contribution in [0.4, 0.5) is 0 Å². The van der Waals surface area contributed by atoms with Gasteiger partial charge < -0.3 is 0 Å². The molecule has 1 aromatic rings. The van der Waals surface area contributed by atoms with Gasteiger partial charge in [0, 0.05) is 41.3 Å². The summed E-state index contributed by atoms with van der Waals surface area (Å²) in [5, 5.41) is 0. The molecule has 2 unspecified atom stereocenters. The highest BCUT2D eigenvalue weighted by atomic mass is 35.5. The first-order valence-electron chi connectivity index (χ1n) is 7.43. The Labute approximate surface area is 140 Å². The summed E-state index contributed by atoms with van der Waals surface area (Å²) in [6.45, 7) is 2.70. The molecule has 1 saturated heterocycles. The van der Waals surface area contributed by atoms with Crippen LogP contribution in [-0.2, 0) is 27.2 Å². The summed E-state index contributed by atoms with van der Waals surface area (Å²) < 4.78 is 38.6. The van der Waals surface area contributed by atoms with Gasteiger partial charge in [0.1, 0.15) is 0 Å². The second-order valence-electron chi connectivity index (χ2n) is 5.72. The minimum Gasteiger partial charge on any atom is -0.260 e. The standard InChI is InChI=1S/C15H22ClNO3S2/c1-13-11-17(9-10-21(18)12-13)22(19,20)15-6-4-14(5-7-15)3-2-8-16/h4-7,13H,2-3,8-12H2,1H3. The zero-order chi connectivity index (χ0) is 16.2. The van der Waals surface area contributed by atoms with Gasteiger partial charge in [-0.3, -0.25) is 4.21 Å². The molecule has 0 N–H and O–H groups in total. The molecule has 1 heterocycles. The molecule has 1 fully saturated rings. The maximum absolute atomic E-state index is 12.7. The number of hydrogen-bond acceptors (Lipinski definition) is 3. The minimum atomic E-state index is -3.51. The predicted molar refractivity (Wildman–Crippen MR) is 91.3 cm³/mol. The molecule has 0 aromatic heterocycles. The van der Waals surface area contributed by atoms with Gasteiger partial charge in [0.15, 0.2) is 0 Å². The molecule has 7 heteroatoms. The molecule has 2 atom stereocenters. The highest BCUT2D eigenvalue weighted by Gasteiger charge is 2.29. The molecule has 0 saturated carbocycles. The number of benzene rings is 1. The van der Waals surface area contributed by atoms with Crippen molar-refractivity contribution >= 4 is 32.4 Å². The van der Waals surface area contributed by atoms with Gasteiger partial charge >= 0.3 is 0 Å². The van der Waals surface area contributed by atoms with Crippen LogP contribution in [0.1, 0.15) is 18.9 Å².